The van der Waals surface area contributed by atoms with Gasteiger partial charge in [-0.25, -0.2) is 28.3 Å². The van der Waals surface area contributed by atoms with Gasteiger partial charge in [0, 0.05) is 13.0 Å². The highest BCUT2D eigenvalue weighted by molar-refractivity contribution is 5.89. The highest BCUT2D eigenvalue weighted by Gasteiger charge is 2.50. The number of benzene rings is 3. The number of nitrogens with zero attached hydrogens (tertiary/aromatic N) is 4. The van der Waals surface area contributed by atoms with Crippen LogP contribution in [-0.4, -0.2) is 99.1 Å². The average Bonchev–Trinajstić information content (AvgIpc) is 4.13. The monoisotopic (exact) mass is 890 g/mol. The van der Waals surface area contributed by atoms with Crippen LogP contribution in [-0.2, 0) is 25.5 Å². The van der Waals surface area contributed by atoms with Gasteiger partial charge in [0.05, 0.1) is 55.8 Å². The maximum Gasteiger partial charge on any atom is 0.407 e. The highest BCUT2D eigenvalue weighted by atomic mass is 19.3. The third-order valence-electron chi connectivity index (χ3n) is 14.0. The molecule has 0 radical (unpaired) electrons. The van der Waals surface area contributed by atoms with Gasteiger partial charge < -0.3 is 39.9 Å². The lowest BCUT2D eigenvalue weighted by atomic mass is 9.73. The van der Waals surface area contributed by atoms with Crippen molar-refractivity contribution < 1.29 is 37.4 Å². The number of methoxy groups -OCH3 is 2. The predicted octanol–water partition coefficient (Wildman–Crippen LogP) is 8.67. The summed E-state index contributed by atoms with van der Waals surface area (Å²) in [6, 6.07) is 16.0. The number of H-pyrrole nitrogens is 2. The Morgan fingerprint density at radius 2 is 1.42 bits per heavy atom. The van der Waals surface area contributed by atoms with Gasteiger partial charge in [-0.05, 0) is 107 Å². The molecule has 6 atom stereocenters. The van der Waals surface area contributed by atoms with Crippen LogP contribution in [0.15, 0.2) is 60.8 Å². The number of ether oxygens (including phenoxy) is 2. The van der Waals surface area contributed by atoms with Gasteiger partial charge in [0.15, 0.2) is 0 Å². The zero-order valence-corrected chi connectivity index (χ0v) is 37.5. The molecule has 1 saturated carbocycles. The summed E-state index contributed by atoms with van der Waals surface area (Å²) in [6.45, 7) is 7.07. The average molecular weight is 891 g/mol. The molecule has 4 N–H and O–H groups in total. The van der Waals surface area contributed by atoms with E-state index in [4.69, 9.17) is 9.72 Å². The Labute approximate surface area is 376 Å². The quantitative estimate of drug-likeness (QED) is 0.102. The summed E-state index contributed by atoms with van der Waals surface area (Å²) in [5, 5.41) is 5.22. The Bertz CT molecular complexity index is 2640. The summed E-state index contributed by atoms with van der Waals surface area (Å²) in [5.41, 5.74) is 10.6. The standard InChI is InChI=1S/C49H56F2N8O6/c1-25(2)41(56-47(62)64-5)45(60)58-19-7-8-38(58)44-53-35-18-14-30(21-36(35)54-44)31-16-17-32(40-33-15-13-29(33)20-34(31)40)27-9-11-28(12-10-27)37-23-52-43(55-37)39-22-49(50,51)24-59(39)46(61)42(26(3)4)57-48(63)65-6/h9-12,14,16-18,21,23,25-26,29,33,38-39,41-42H,7-8,13,15,19-20,22,24H2,1-6H3,(H,52,55)(H,53,54)(H,56,62)(H,57,63)/t29?,33?,38-,39-,41-,42-/m0/s1. The number of hydrogen-bond acceptors (Lipinski definition) is 8. The van der Waals surface area contributed by atoms with Gasteiger partial charge >= 0.3 is 12.2 Å². The molecule has 4 heterocycles. The summed E-state index contributed by atoms with van der Waals surface area (Å²) in [7, 11) is 2.47. The molecule has 14 nitrogen and oxygen atoms in total. The molecule has 16 heteroatoms. The van der Waals surface area contributed by atoms with E-state index < -0.39 is 55.1 Å². The number of aromatic amines is 2. The van der Waals surface area contributed by atoms with Crippen molar-refractivity contribution in [2.24, 2.45) is 17.8 Å². The maximum absolute atomic E-state index is 14.9. The van der Waals surface area contributed by atoms with E-state index in [1.54, 1.807) is 20.0 Å². The number of carbonyl (C=O) groups excluding carboxylic acids is 4. The number of hydrogen-bond donors (Lipinski definition) is 4. The number of alkyl halides is 2. The van der Waals surface area contributed by atoms with Gasteiger partial charge in [0.1, 0.15) is 23.7 Å². The summed E-state index contributed by atoms with van der Waals surface area (Å²) in [6.07, 6.45) is 4.53. The summed E-state index contributed by atoms with van der Waals surface area (Å²) < 4.78 is 39.4. The SMILES string of the molecule is COC(=O)N[C@H](C(=O)N1CC(F)(F)C[C@H]1c1ncc(-c2ccc(-c3ccc(-c4ccc5nc([C@@H]6CCCN6C(=O)[C@@H](NC(=O)OC)C(C)C)[nH]c5c4)c4c3C3CCC3C4)cc2)[nH]1)C(C)C. The molecule has 2 unspecified atom stereocenters. The second-order valence-electron chi connectivity index (χ2n) is 18.8. The first-order valence-corrected chi connectivity index (χ1v) is 22.6. The molecule has 3 aromatic carbocycles. The van der Waals surface area contributed by atoms with E-state index in [-0.39, 0.29) is 29.6 Å². The minimum atomic E-state index is -3.13. The predicted molar refractivity (Wildman–Crippen MR) is 240 cm³/mol. The third-order valence-corrected chi connectivity index (χ3v) is 14.0. The van der Waals surface area contributed by atoms with Crippen LogP contribution in [0.1, 0.15) is 101 Å². The molecule has 4 aliphatic rings. The topological polar surface area (TPSA) is 175 Å². The van der Waals surface area contributed by atoms with Gasteiger partial charge in [-0.15, -0.1) is 0 Å². The number of halogens is 2. The number of carbonyl (C=O) groups is 4. The smallest absolute Gasteiger partial charge is 0.407 e. The normalized spacial score (nSPS) is 21.8. The molecule has 0 spiro atoms. The Morgan fingerprint density at radius 3 is 2.06 bits per heavy atom. The second kappa shape index (κ2) is 17.2. The minimum absolute atomic E-state index is 0.125. The first-order chi connectivity index (χ1) is 31.1. The van der Waals surface area contributed by atoms with Crippen LogP contribution in [0, 0.1) is 17.8 Å². The van der Waals surface area contributed by atoms with Crippen LogP contribution in [0.3, 0.4) is 0 Å². The zero-order chi connectivity index (χ0) is 45.9. The van der Waals surface area contributed by atoms with E-state index in [9.17, 15) is 28.0 Å². The molecule has 3 fully saturated rings. The molecule has 2 saturated heterocycles. The van der Waals surface area contributed by atoms with Crippen LogP contribution < -0.4 is 10.6 Å². The fourth-order valence-electron chi connectivity index (χ4n) is 10.5. The lowest BCUT2D eigenvalue weighted by Crippen LogP contribution is -2.51. The van der Waals surface area contributed by atoms with Gasteiger partial charge in [-0.1, -0.05) is 70.2 Å². The van der Waals surface area contributed by atoms with E-state index in [2.05, 4.69) is 66.7 Å². The summed E-state index contributed by atoms with van der Waals surface area (Å²) in [5.74, 6) is -2.31. The molecule has 2 aliphatic carbocycles. The molecule has 9 rings (SSSR count). The summed E-state index contributed by atoms with van der Waals surface area (Å²) >= 11 is 0. The van der Waals surface area contributed by atoms with E-state index in [1.807, 2.05) is 36.9 Å². The molecule has 65 heavy (non-hydrogen) atoms. The van der Waals surface area contributed by atoms with Crippen molar-refractivity contribution in [3.63, 3.8) is 0 Å². The largest absolute Gasteiger partial charge is 0.453 e. The van der Waals surface area contributed by atoms with E-state index in [1.165, 1.54) is 42.9 Å². The van der Waals surface area contributed by atoms with Crippen molar-refractivity contribution in [3.8, 4) is 33.5 Å². The van der Waals surface area contributed by atoms with Crippen molar-refractivity contribution in [3.05, 3.63) is 83.6 Å². The number of aromatic nitrogens is 4. The molecular weight excluding hydrogens is 835 g/mol. The maximum atomic E-state index is 14.9. The van der Waals surface area contributed by atoms with Crippen molar-refractivity contribution in [2.75, 3.05) is 27.3 Å². The molecule has 5 aromatic rings. The van der Waals surface area contributed by atoms with Gasteiger partial charge in [-0.2, -0.15) is 0 Å². The number of imidazole rings is 2. The van der Waals surface area contributed by atoms with E-state index in [0.29, 0.717) is 24.1 Å². The number of likely N-dealkylation sites (tertiary alicyclic amines) is 2. The second-order valence-corrected chi connectivity index (χ2v) is 18.8. The van der Waals surface area contributed by atoms with Gasteiger partial charge in [0.2, 0.25) is 11.8 Å². The van der Waals surface area contributed by atoms with Crippen LogP contribution >= 0.6 is 0 Å². The Hall–Kier alpha value is -6.32. The molecule has 4 amide bonds. The third kappa shape index (κ3) is 8.20. The first kappa shape index (κ1) is 43.9. The lowest BCUT2D eigenvalue weighted by molar-refractivity contribution is -0.137. The van der Waals surface area contributed by atoms with Gasteiger partial charge in [-0.3, -0.25) is 9.59 Å². The number of amides is 4. The fraction of sp³-hybridized carbons (Fsp3) is 0.469. The first-order valence-electron chi connectivity index (χ1n) is 22.6. The van der Waals surface area contributed by atoms with Crippen molar-refractivity contribution in [1.82, 2.24) is 40.4 Å². The highest BCUT2D eigenvalue weighted by Crippen LogP contribution is 2.56. The molecule has 2 aliphatic heterocycles. The summed E-state index contributed by atoms with van der Waals surface area (Å²) in [4.78, 5) is 70.7. The molecule has 342 valence electrons. The Balaban J connectivity index is 0.956. The van der Waals surface area contributed by atoms with E-state index in [0.717, 1.165) is 64.1 Å². The lowest BCUT2D eigenvalue weighted by Gasteiger charge is -2.31. The number of rotatable bonds is 11. The van der Waals surface area contributed by atoms with Crippen molar-refractivity contribution in [2.45, 2.75) is 102 Å². The molecule has 2 aromatic heterocycles. The van der Waals surface area contributed by atoms with Crippen molar-refractivity contribution >= 4 is 35.0 Å². The van der Waals surface area contributed by atoms with Crippen LogP contribution in [0.4, 0.5) is 18.4 Å². The van der Waals surface area contributed by atoms with Crippen LogP contribution in [0.5, 0.6) is 0 Å². The van der Waals surface area contributed by atoms with Crippen molar-refractivity contribution in [1.29, 1.82) is 0 Å². The molecule has 0 bridgehead atoms. The molecular formula is C49H56F2N8O6. The number of alkyl carbamates (subject to hydrolysis) is 2. The Morgan fingerprint density at radius 1 is 0.769 bits per heavy atom. The van der Waals surface area contributed by atoms with Crippen LogP contribution in [0.25, 0.3) is 44.5 Å². The Kier molecular flexibility index (Phi) is 11.6. The fourth-order valence-corrected chi connectivity index (χ4v) is 10.5. The van der Waals surface area contributed by atoms with Crippen LogP contribution in [0.2, 0.25) is 0 Å². The van der Waals surface area contributed by atoms with E-state index >= 15 is 0 Å². The minimum Gasteiger partial charge on any atom is -0.453 e. The zero-order valence-electron chi connectivity index (χ0n) is 37.5. The number of nitrogens with one attached hydrogen (secondary N) is 4. The number of fused-ring (bicyclic) bond motifs is 4. The van der Waals surface area contributed by atoms with Gasteiger partial charge in [0.25, 0.3) is 5.92 Å².